The van der Waals surface area contributed by atoms with Gasteiger partial charge in [0.1, 0.15) is 12.8 Å². The fourth-order valence-electron chi connectivity index (χ4n) is 7.52. The maximum absolute atomic E-state index is 17.1. The van der Waals surface area contributed by atoms with E-state index in [0.717, 1.165) is 17.4 Å². The maximum atomic E-state index is 17.1. The second-order valence-corrected chi connectivity index (χ2v) is 14.3. The average molecular weight is 616 g/mol. The Balaban J connectivity index is 1.69. The van der Waals surface area contributed by atoms with E-state index < -0.39 is 74.8 Å². The number of alkyl halides is 2. The molecule has 8 nitrogen and oxygen atoms in total. The first kappa shape index (κ1) is 31.7. The Labute approximate surface area is 244 Å². The third kappa shape index (κ3) is 5.88. The first-order valence-corrected chi connectivity index (χ1v) is 15.7. The first-order chi connectivity index (χ1) is 18.9. The lowest BCUT2D eigenvalue weighted by molar-refractivity contribution is -0.188. The molecule has 0 aromatic heterocycles. The van der Waals surface area contributed by atoms with E-state index in [1.807, 2.05) is 0 Å². The van der Waals surface area contributed by atoms with Crippen LogP contribution in [0.3, 0.4) is 0 Å². The van der Waals surface area contributed by atoms with Gasteiger partial charge < -0.3 is 5.11 Å². The van der Waals surface area contributed by atoms with Gasteiger partial charge in [-0.1, -0.05) is 31.5 Å². The zero-order valence-electron chi connectivity index (χ0n) is 23.4. The van der Waals surface area contributed by atoms with Gasteiger partial charge in [-0.15, -0.1) is 0 Å². The van der Waals surface area contributed by atoms with Crippen molar-refractivity contribution in [2.24, 2.45) is 28.6 Å². The third-order valence-electron chi connectivity index (χ3n) is 9.22. The number of aliphatic hydroxyl groups excluding tert-OH is 1. The summed E-state index contributed by atoms with van der Waals surface area (Å²) < 4.78 is 60.8. The molecule has 3 aliphatic carbocycles. The standard InChI is InChI=1S/C29H36ClF2NO7S/c1-17(15-33(37)20-7-5-19(30)6-8-20)26(24(35)16-40-41(4,38)39)27(2)13-18-11-23(31)22-12-21(34)9-10-28(22,3)29(18,32)25(36)14-27/h5-10,12,17-18,23,25-26,36-37H,11,13-16H2,1-4H3. The van der Waals surface area contributed by atoms with Crippen LogP contribution in [0.5, 0.6) is 0 Å². The molecular weight excluding hydrogens is 580 g/mol. The highest BCUT2D eigenvalue weighted by atomic mass is 35.5. The number of fused-ring (bicyclic) bond motifs is 3. The first-order valence-electron chi connectivity index (χ1n) is 13.5. The van der Waals surface area contributed by atoms with Crippen molar-refractivity contribution >= 4 is 39.0 Å². The lowest BCUT2D eigenvalue weighted by Crippen LogP contribution is -2.66. The van der Waals surface area contributed by atoms with Gasteiger partial charge in [-0.2, -0.15) is 8.42 Å². The Morgan fingerprint density at radius 1 is 1.24 bits per heavy atom. The van der Waals surface area contributed by atoms with Crippen LogP contribution in [0.1, 0.15) is 40.0 Å². The molecular formula is C29H36ClF2NO7S. The summed E-state index contributed by atoms with van der Waals surface area (Å²) in [6, 6.07) is 6.33. The molecule has 3 aliphatic rings. The van der Waals surface area contributed by atoms with E-state index in [4.69, 9.17) is 15.8 Å². The van der Waals surface area contributed by atoms with Gasteiger partial charge in [0.2, 0.25) is 0 Å². The number of benzene rings is 1. The molecule has 0 radical (unpaired) electrons. The molecule has 1 aromatic carbocycles. The molecule has 0 saturated heterocycles. The van der Waals surface area contributed by atoms with Gasteiger partial charge in [0.05, 0.1) is 18.0 Å². The number of ketones is 2. The summed E-state index contributed by atoms with van der Waals surface area (Å²) in [6.45, 7) is 4.01. The number of carbonyl (C=O) groups excluding carboxylic acids is 2. The summed E-state index contributed by atoms with van der Waals surface area (Å²) in [6.07, 6.45) is 0.672. The van der Waals surface area contributed by atoms with Crippen molar-refractivity contribution in [3.05, 3.63) is 53.1 Å². The van der Waals surface area contributed by atoms with Crippen molar-refractivity contribution < 1.29 is 41.3 Å². The Morgan fingerprint density at radius 3 is 2.49 bits per heavy atom. The number of rotatable bonds is 9. The number of carbonyl (C=O) groups is 2. The van der Waals surface area contributed by atoms with Crippen LogP contribution in [0.2, 0.25) is 5.02 Å². The summed E-state index contributed by atoms with van der Waals surface area (Å²) in [5.74, 6) is -3.71. The predicted molar refractivity (Wildman–Crippen MR) is 150 cm³/mol. The second-order valence-electron chi connectivity index (χ2n) is 12.2. The van der Waals surface area contributed by atoms with Crippen molar-refractivity contribution in [2.75, 3.05) is 24.5 Å². The third-order valence-corrected chi connectivity index (χ3v) is 10.0. The van der Waals surface area contributed by atoms with E-state index in [1.165, 1.54) is 19.1 Å². The fraction of sp³-hybridized carbons (Fsp3) is 0.586. The molecule has 8 atom stereocenters. The van der Waals surface area contributed by atoms with Crippen LogP contribution in [0, 0.1) is 28.6 Å². The van der Waals surface area contributed by atoms with Crippen molar-refractivity contribution in [3.63, 3.8) is 0 Å². The topological polar surface area (TPSA) is 121 Å². The SMILES string of the molecule is CC(CN(O)c1ccc(Cl)cc1)C(C(=O)COS(C)(=O)=O)C1(C)CC(O)C2(F)C(CC(F)C3=CC(=O)C=CC32C)C1. The summed E-state index contributed by atoms with van der Waals surface area (Å²) in [7, 11) is -3.97. The fourth-order valence-corrected chi connectivity index (χ4v) is 7.97. The largest absolute Gasteiger partial charge is 0.390 e. The van der Waals surface area contributed by atoms with Crippen LogP contribution in [-0.4, -0.2) is 67.6 Å². The number of hydrogen-bond donors (Lipinski definition) is 2. The molecule has 1 aromatic rings. The highest BCUT2D eigenvalue weighted by molar-refractivity contribution is 7.86. The van der Waals surface area contributed by atoms with Gasteiger partial charge in [-0.3, -0.25) is 24.0 Å². The summed E-state index contributed by atoms with van der Waals surface area (Å²) in [4.78, 5) is 25.6. The zero-order valence-corrected chi connectivity index (χ0v) is 25.0. The van der Waals surface area contributed by atoms with Crippen molar-refractivity contribution in [1.82, 2.24) is 0 Å². The number of allylic oxidation sites excluding steroid dienone is 4. The lowest BCUT2D eigenvalue weighted by atomic mass is 9.46. The van der Waals surface area contributed by atoms with Gasteiger partial charge in [-0.05, 0) is 79.5 Å². The van der Waals surface area contributed by atoms with Crippen LogP contribution < -0.4 is 5.06 Å². The minimum Gasteiger partial charge on any atom is -0.390 e. The number of nitrogens with zero attached hydrogens (tertiary/aromatic N) is 1. The average Bonchev–Trinajstić information content (AvgIpc) is 2.86. The molecule has 2 fully saturated rings. The molecule has 0 spiro atoms. The molecule has 12 heteroatoms. The van der Waals surface area contributed by atoms with E-state index in [1.54, 1.807) is 38.1 Å². The molecule has 4 rings (SSSR count). The number of halogens is 3. The number of Topliss-reactive ketones (excluding diaryl/α,β-unsaturated/α-hetero) is 1. The number of anilines is 1. The van der Waals surface area contributed by atoms with E-state index in [-0.39, 0.29) is 31.4 Å². The molecule has 0 aliphatic heterocycles. The molecule has 2 saturated carbocycles. The molecule has 41 heavy (non-hydrogen) atoms. The van der Waals surface area contributed by atoms with Crippen molar-refractivity contribution in [2.45, 2.75) is 58.0 Å². The van der Waals surface area contributed by atoms with Crippen LogP contribution >= 0.6 is 11.6 Å². The van der Waals surface area contributed by atoms with Crippen LogP contribution in [-0.2, 0) is 23.9 Å². The predicted octanol–water partition coefficient (Wildman–Crippen LogP) is 4.63. The van der Waals surface area contributed by atoms with E-state index in [0.29, 0.717) is 10.7 Å². The van der Waals surface area contributed by atoms with Gasteiger partial charge in [-0.25, -0.2) is 8.78 Å². The quantitative estimate of drug-likeness (QED) is 0.305. The summed E-state index contributed by atoms with van der Waals surface area (Å²) in [5, 5.41) is 23.7. The van der Waals surface area contributed by atoms with E-state index in [2.05, 4.69) is 0 Å². The van der Waals surface area contributed by atoms with Crippen LogP contribution in [0.15, 0.2) is 48.1 Å². The Hall–Kier alpha value is -2.18. The molecule has 226 valence electrons. The number of hydrogen-bond acceptors (Lipinski definition) is 8. The molecule has 0 amide bonds. The van der Waals surface area contributed by atoms with Gasteiger partial charge in [0, 0.05) is 28.8 Å². The Bertz CT molecular complexity index is 1370. The van der Waals surface area contributed by atoms with Gasteiger partial charge in [0.15, 0.2) is 17.2 Å². The summed E-state index contributed by atoms with van der Waals surface area (Å²) >= 11 is 5.94. The Kier molecular flexibility index (Phi) is 8.63. The smallest absolute Gasteiger partial charge is 0.264 e. The van der Waals surface area contributed by atoms with Gasteiger partial charge >= 0.3 is 0 Å². The van der Waals surface area contributed by atoms with Gasteiger partial charge in [0.25, 0.3) is 10.1 Å². The van der Waals surface area contributed by atoms with Crippen LogP contribution in [0.4, 0.5) is 14.5 Å². The molecule has 8 unspecified atom stereocenters. The highest BCUT2D eigenvalue weighted by Crippen LogP contribution is 2.64. The minimum absolute atomic E-state index is 0.00235. The minimum atomic E-state index is -3.97. The molecule has 2 N–H and O–H groups in total. The zero-order chi connectivity index (χ0) is 30.5. The second kappa shape index (κ2) is 11.1. The van der Waals surface area contributed by atoms with Crippen molar-refractivity contribution in [1.29, 1.82) is 0 Å². The molecule has 0 heterocycles. The van der Waals surface area contributed by atoms with Crippen LogP contribution in [0.25, 0.3) is 0 Å². The molecule has 0 bridgehead atoms. The summed E-state index contributed by atoms with van der Waals surface area (Å²) in [5.41, 5.74) is -4.61. The Morgan fingerprint density at radius 2 is 1.88 bits per heavy atom. The van der Waals surface area contributed by atoms with E-state index >= 15 is 8.78 Å². The van der Waals surface area contributed by atoms with E-state index in [9.17, 15) is 28.3 Å². The normalized spacial score (nSPS) is 34.7. The maximum Gasteiger partial charge on any atom is 0.264 e. The monoisotopic (exact) mass is 615 g/mol. The highest BCUT2D eigenvalue weighted by Gasteiger charge is 2.68. The number of hydroxylamine groups is 1. The number of aliphatic hydroxyl groups is 1. The van der Waals surface area contributed by atoms with Crippen molar-refractivity contribution in [3.8, 4) is 0 Å². The lowest BCUT2D eigenvalue weighted by Gasteiger charge is -2.61.